The van der Waals surface area contributed by atoms with Gasteiger partial charge in [-0.3, -0.25) is 4.79 Å². The molecule has 2 amide bonds. The lowest BCUT2D eigenvalue weighted by Crippen LogP contribution is -2.46. The molecule has 0 aliphatic carbocycles. The minimum atomic E-state index is -0.278. The van der Waals surface area contributed by atoms with Crippen LogP contribution in [0.25, 0.3) is 11.4 Å². The molecule has 0 saturated carbocycles. The lowest BCUT2D eigenvalue weighted by molar-refractivity contribution is 0.0860. The van der Waals surface area contributed by atoms with Gasteiger partial charge in [-0.25, -0.2) is 9.78 Å². The summed E-state index contributed by atoms with van der Waals surface area (Å²) in [4.78, 5) is 30.3. The first-order chi connectivity index (χ1) is 12.6. The van der Waals surface area contributed by atoms with E-state index in [0.717, 1.165) is 24.2 Å². The number of aryl methyl sites for hydroxylation is 1. The van der Waals surface area contributed by atoms with Crippen molar-refractivity contribution in [1.82, 2.24) is 19.8 Å². The van der Waals surface area contributed by atoms with Gasteiger partial charge in [-0.05, 0) is 31.9 Å². The SMILES string of the molecule is CCOC(=O)N1CCC(NC(=O)c2cccc(-c3nccn3C)c2)CC1. The molecule has 0 spiro atoms. The number of hydrogen-bond acceptors (Lipinski definition) is 4. The molecule has 7 nitrogen and oxygen atoms in total. The molecule has 138 valence electrons. The Morgan fingerprint density at radius 2 is 2.08 bits per heavy atom. The fourth-order valence-electron chi connectivity index (χ4n) is 3.13. The third-order valence-corrected chi connectivity index (χ3v) is 4.56. The Labute approximate surface area is 153 Å². The number of nitrogens with zero attached hydrogens (tertiary/aromatic N) is 3. The van der Waals surface area contributed by atoms with Crippen LogP contribution in [0.3, 0.4) is 0 Å². The summed E-state index contributed by atoms with van der Waals surface area (Å²) in [7, 11) is 1.92. The van der Waals surface area contributed by atoms with E-state index < -0.39 is 0 Å². The van der Waals surface area contributed by atoms with Gasteiger partial charge in [0.1, 0.15) is 5.82 Å². The van der Waals surface area contributed by atoms with Gasteiger partial charge in [0.05, 0.1) is 6.61 Å². The average Bonchev–Trinajstić information content (AvgIpc) is 3.08. The van der Waals surface area contributed by atoms with E-state index in [1.807, 2.05) is 36.0 Å². The van der Waals surface area contributed by atoms with Crippen molar-refractivity contribution >= 4 is 12.0 Å². The monoisotopic (exact) mass is 356 g/mol. The lowest BCUT2D eigenvalue weighted by Gasteiger charge is -2.31. The van der Waals surface area contributed by atoms with E-state index in [1.54, 1.807) is 24.1 Å². The first kappa shape index (κ1) is 18.0. The van der Waals surface area contributed by atoms with Crippen molar-refractivity contribution in [1.29, 1.82) is 0 Å². The second-order valence-corrected chi connectivity index (χ2v) is 6.38. The van der Waals surface area contributed by atoms with E-state index >= 15 is 0 Å². The second kappa shape index (κ2) is 8.03. The molecule has 3 rings (SSSR count). The molecule has 2 heterocycles. The molecule has 1 fully saturated rings. The van der Waals surface area contributed by atoms with Crippen LogP contribution in [0.15, 0.2) is 36.7 Å². The number of likely N-dealkylation sites (tertiary alicyclic amines) is 1. The predicted molar refractivity (Wildman–Crippen MR) is 97.7 cm³/mol. The molecule has 1 N–H and O–H groups in total. The Balaban J connectivity index is 1.59. The van der Waals surface area contributed by atoms with Gasteiger partial charge in [0.15, 0.2) is 0 Å². The van der Waals surface area contributed by atoms with Crippen LogP contribution in [0, 0.1) is 0 Å². The van der Waals surface area contributed by atoms with Crippen molar-refractivity contribution in [3.05, 3.63) is 42.2 Å². The Morgan fingerprint density at radius 1 is 1.31 bits per heavy atom. The minimum absolute atomic E-state index is 0.0602. The zero-order valence-corrected chi connectivity index (χ0v) is 15.1. The van der Waals surface area contributed by atoms with Gasteiger partial charge in [0.2, 0.25) is 0 Å². The number of hydrogen-bond donors (Lipinski definition) is 1. The maximum atomic E-state index is 12.6. The molecule has 1 aromatic carbocycles. The second-order valence-electron chi connectivity index (χ2n) is 6.38. The molecule has 0 unspecified atom stereocenters. The standard InChI is InChI=1S/C19H24N4O3/c1-3-26-19(25)23-10-7-16(8-11-23)21-18(24)15-6-4-5-14(13-15)17-20-9-12-22(17)2/h4-6,9,12-13,16H,3,7-8,10-11H2,1-2H3,(H,21,24). The summed E-state index contributed by atoms with van der Waals surface area (Å²) in [5, 5.41) is 3.07. The van der Waals surface area contributed by atoms with Crippen molar-refractivity contribution in [2.45, 2.75) is 25.8 Å². The highest BCUT2D eigenvalue weighted by molar-refractivity contribution is 5.95. The maximum Gasteiger partial charge on any atom is 0.409 e. The van der Waals surface area contributed by atoms with Crippen LogP contribution in [0.5, 0.6) is 0 Å². The number of imidazole rings is 1. The van der Waals surface area contributed by atoms with Crippen LogP contribution in [0.1, 0.15) is 30.1 Å². The Morgan fingerprint density at radius 3 is 2.73 bits per heavy atom. The molecule has 26 heavy (non-hydrogen) atoms. The Kier molecular flexibility index (Phi) is 5.55. The Hall–Kier alpha value is -2.83. The van der Waals surface area contributed by atoms with Gasteiger partial charge in [-0.1, -0.05) is 12.1 Å². The van der Waals surface area contributed by atoms with Crippen molar-refractivity contribution in [3.8, 4) is 11.4 Å². The first-order valence-corrected chi connectivity index (χ1v) is 8.88. The minimum Gasteiger partial charge on any atom is -0.450 e. The van der Waals surface area contributed by atoms with Crippen molar-refractivity contribution < 1.29 is 14.3 Å². The fraction of sp³-hybridized carbons (Fsp3) is 0.421. The molecular weight excluding hydrogens is 332 g/mol. The van der Waals surface area contributed by atoms with Gasteiger partial charge in [-0.15, -0.1) is 0 Å². The average molecular weight is 356 g/mol. The zero-order valence-electron chi connectivity index (χ0n) is 15.1. The van der Waals surface area contributed by atoms with Gasteiger partial charge in [-0.2, -0.15) is 0 Å². The summed E-state index contributed by atoms with van der Waals surface area (Å²) in [5.41, 5.74) is 1.51. The van der Waals surface area contributed by atoms with Crippen molar-refractivity contribution in [2.24, 2.45) is 7.05 Å². The number of carbonyl (C=O) groups excluding carboxylic acids is 2. The molecule has 2 aromatic rings. The van der Waals surface area contributed by atoms with Crippen LogP contribution < -0.4 is 5.32 Å². The number of piperidine rings is 1. The molecule has 7 heteroatoms. The molecule has 0 radical (unpaired) electrons. The quantitative estimate of drug-likeness (QED) is 0.913. The largest absolute Gasteiger partial charge is 0.450 e. The highest BCUT2D eigenvalue weighted by atomic mass is 16.6. The van der Waals surface area contributed by atoms with Crippen LogP contribution >= 0.6 is 0 Å². The topological polar surface area (TPSA) is 76.5 Å². The van der Waals surface area contributed by atoms with Crippen molar-refractivity contribution in [2.75, 3.05) is 19.7 Å². The molecule has 1 aromatic heterocycles. The van der Waals surface area contributed by atoms with Crippen LogP contribution in [0.2, 0.25) is 0 Å². The van der Waals surface area contributed by atoms with Gasteiger partial charge in [0, 0.05) is 49.7 Å². The third kappa shape index (κ3) is 4.04. The summed E-state index contributed by atoms with van der Waals surface area (Å²) < 4.78 is 6.94. The van der Waals surface area contributed by atoms with E-state index in [-0.39, 0.29) is 18.0 Å². The van der Waals surface area contributed by atoms with E-state index in [9.17, 15) is 9.59 Å². The molecule has 0 bridgehead atoms. The molecule has 1 aliphatic rings. The highest BCUT2D eigenvalue weighted by Gasteiger charge is 2.24. The normalized spacial score (nSPS) is 14.9. The number of benzene rings is 1. The van der Waals surface area contributed by atoms with Crippen LogP contribution in [-0.2, 0) is 11.8 Å². The molecule has 0 atom stereocenters. The predicted octanol–water partition coefficient (Wildman–Crippen LogP) is 2.44. The molecular formula is C19H24N4O3. The van der Waals surface area contributed by atoms with Gasteiger partial charge in [0.25, 0.3) is 5.91 Å². The van der Waals surface area contributed by atoms with Crippen LogP contribution in [-0.4, -0.2) is 52.2 Å². The number of aromatic nitrogens is 2. The van der Waals surface area contributed by atoms with E-state index in [1.165, 1.54) is 0 Å². The number of amides is 2. The number of nitrogens with one attached hydrogen (secondary N) is 1. The molecule has 1 aliphatic heterocycles. The smallest absolute Gasteiger partial charge is 0.409 e. The third-order valence-electron chi connectivity index (χ3n) is 4.56. The van der Waals surface area contributed by atoms with E-state index in [2.05, 4.69) is 10.3 Å². The van der Waals surface area contributed by atoms with Gasteiger partial charge >= 0.3 is 6.09 Å². The summed E-state index contributed by atoms with van der Waals surface area (Å²) >= 11 is 0. The number of ether oxygens (including phenoxy) is 1. The Bertz CT molecular complexity index is 779. The first-order valence-electron chi connectivity index (χ1n) is 8.88. The fourth-order valence-corrected chi connectivity index (χ4v) is 3.13. The maximum absolute atomic E-state index is 12.6. The van der Waals surface area contributed by atoms with E-state index in [4.69, 9.17) is 4.74 Å². The number of carbonyl (C=O) groups is 2. The highest BCUT2D eigenvalue weighted by Crippen LogP contribution is 2.19. The summed E-state index contributed by atoms with van der Waals surface area (Å²) in [5.74, 6) is 0.720. The van der Waals surface area contributed by atoms with E-state index in [0.29, 0.717) is 25.3 Å². The molecule has 1 saturated heterocycles. The zero-order chi connectivity index (χ0) is 18.5. The van der Waals surface area contributed by atoms with Crippen LogP contribution in [0.4, 0.5) is 4.79 Å². The summed E-state index contributed by atoms with van der Waals surface area (Å²) in [6.07, 6.45) is 4.78. The number of rotatable bonds is 4. The van der Waals surface area contributed by atoms with Crippen molar-refractivity contribution in [3.63, 3.8) is 0 Å². The summed E-state index contributed by atoms with van der Waals surface area (Å²) in [6.45, 7) is 3.36. The summed E-state index contributed by atoms with van der Waals surface area (Å²) in [6, 6.07) is 7.52. The lowest BCUT2D eigenvalue weighted by atomic mass is 10.0. The van der Waals surface area contributed by atoms with Gasteiger partial charge < -0.3 is 19.5 Å².